The van der Waals surface area contributed by atoms with Crippen LogP contribution in [0.15, 0.2) is 73.1 Å². The third-order valence-electron chi connectivity index (χ3n) is 3.46. The van der Waals surface area contributed by atoms with Gasteiger partial charge < -0.3 is 10.4 Å². The van der Waals surface area contributed by atoms with Crippen molar-refractivity contribution in [3.8, 4) is 0 Å². The maximum absolute atomic E-state index is 12.2. The molecule has 3 aromatic rings. The second kappa shape index (κ2) is 6.89. The van der Waals surface area contributed by atoms with Crippen LogP contribution in [-0.2, 0) is 11.3 Å². The predicted molar refractivity (Wildman–Crippen MR) is 87.8 cm³/mol. The zero-order valence-electron chi connectivity index (χ0n) is 12.5. The van der Waals surface area contributed by atoms with Crippen molar-refractivity contribution >= 4 is 11.6 Å². The molecule has 5 heteroatoms. The third-order valence-corrected chi connectivity index (χ3v) is 3.46. The maximum Gasteiger partial charge on any atom is 0.257 e. The Morgan fingerprint density at radius 3 is 2.70 bits per heavy atom. The first-order valence-electron chi connectivity index (χ1n) is 7.32. The first-order valence-corrected chi connectivity index (χ1v) is 7.32. The van der Waals surface area contributed by atoms with E-state index in [0.717, 1.165) is 5.56 Å². The molecular formula is C18H17N3O2. The lowest BCUT2D eigenvalue weighted by atomic mass is 10.1. The number of amides is 1. The van der Waals surface area contributed by atoms with Gasteiger partial charge in [-0.3, -0.25) is 9.48 Å². The summed E-state index contributed by atoms with van der Waals surface area (Å²) in [7, 11) is 0. The number of nitrogens with zero attached hydrogens (tertiary/aromatic N) is 2. The zero-order valence-corrected chi connectivity index (χ0v) is 12.5. The van der Waals surface area contributed by atoms with Crippen LogP contribution < -0.4 is 5.32 Å². The number of nitrogens with one attached hydrogen (secondary N) is 1. The van der Waals surface area contributed by atoms with Crippen LogP contribution in [0.4, 0.5) is 5.69 Å². The number of rotatable bonds is 5. The summed E-state index contributed by atoms with van der Waals surface area (Å²) in [6, 6.07) is 18.2. The Balaban J connectivity index is 1.69. The molecule has 2 N–H and O–H groups in total. The minimum Gasteiger partial charge on any atom is -0.378 e. The molecule has 0 aliphatic rings. The molecule has 0 fully saturated rings. The molecule has 0 aliphatic carbocycles. The second-order valence-electron chi connectivity index (χ2n) is 5.21. The normalized spacial score (nSPS) is 11.9. The molecule has 0 bridgehead atoms. The largest absolute Gasteiger partial charge is 0.378 e. The highest BCUT2D eigenvalue weighted by Gasteiger charge is 2.17. The summed E-state index contributed by atoms with van der Waals surface area (Å²) >= 11 is 0. The minimum absolute atomic E-state index is 0.451. The van der Waals surface area contributed by atoms with E-state index in [2.05, 4.69) is 10.4 Å². The summed E-state index contributed by atoms with van der Waals surface area (Å²) in [6.07, 6.45) is 2.41. The van der Waals surface area contributed by atoms with Crippen molar-refractivity contribution in [2.75, 3.05) is 5.32 Å². The highest BCUT2D eigenvalue weighted by atomic mass is 16.3. The topological polar surface area (TPSA) is 67.2 Å². The average Bonchev–Trinajstić information content (AvgIpc) is 3.08. The summed E-state index contributed by atoms with van der Waals surface area (Å²) in [5.74, 6) is -0.451. The SMILES string of the molecule is O=C(Nc1cccc(Cn2cccn2)c1)C(O)c1ccccc1. The van der Waals surface area contributed by atoms with Crippen LogP contribution >= 0.6 is 0 Å². The van der Waals surface area contributed by atoms with Gasteiger partial charge in [0.25, 0.3) is 5.91 Å². The maximum atomic E-state index is 12.2. The molecule has 116 valence electrons. The van der Waals surface area contributed by atoms with Gasteiger partial charge in [-0.05, 0) is 29.3 Å². The van der Waals surface area contributed by atoms with Gasteiger partial charge in [-0.25, -0.2) is 0 Å². The van der Waals surface area contributed by atoms with Crippen molar-refractivity contribution in [2.45, 2.75) is 12.6 Å². The van der Waals surface area contributed by atoms with E-state index in [4.69, 9.17) is 0 Å². The van der Waals surface area contributed by atoms with Crippen molar-refractivity contribution in [1.29, 1.82) is 0 Å². The fraction of sp³-hybridized carbons (Fsp3) is 0.111. The number of aromatic nitrogens is 2. The van der Waals surface area contributed by atoms with Crippen LogP contribution in [0.5, 0.6) is 0 Å². The monoisotopic (exact) mass is 307 g/mol. The van der Waals surface area contributed by atoms with Crippen molar-refractivity contribution in [3.05, 3.63) is 84.2 Å². The van der Waals surface area contributed by atoms with Gasteiger partial charge >= 0.3 is 0 Å². The van der Waals surface area contributed by atoms with Crippen molar-refractivity contribution < 1.29 is 9.90 Å². The molecule has 3 rings (SSSR count). The number of benzene rings is 2. The molecule has 2 aromatic carbocycles. The fourth-order valence-electron chi connectivity index (χ4n) is 2.33. The van der Waals surface area contributed by atoms with E-state index in [0.29, 0.717) is 17.8 Å². The van der Waals surface area contributed by atoms with E-state index in [-0.39, 0.29) is 0 Å². The molecule has 0 aliphatic heterocycles. The first kappa shape index (κ1) is 15.0. The molecule has 0 radical (unpaired) electrons. The summed E-state index contributed by atoms with van der Waals surface area (Å²) in [6.45, 7) is 0.623. The molecule has 0 saturated carbocycles. The van der Waals surface area contributed by atoms with Gasteiger partial charge in [0.15, 0.2) is 6.10 Å². The van der Waals surface area contributed by atoms with E-state index >= 15 is 0 Å². The van der Waals surface area contributed by atoms with Crippen LogP contribution in [0.2, 0.25) is 0 Å². The molecule has 23 heavy (non-hydrogen) atoms. The van der Waals surface area contributed by atoms with Crippen LogP contribution in [-0.4, -0.2) is 20.8 Å². The smallest absolute Gasteiger partial charge is 0.257 e. The number of hydrogen-bond acceptors (Lipinski definition) is 3. The Bertz CT molecular complexity index is 770. The summed E-state index contributed by atoms with van der Waals surface area (Å²) < 4.78 is 1.81. The van der Waals surface area contributed by atoms with Gasteiger partial charge in [-0.1, -0.05) is 42.5 Å². The Morgan fingerprint density at radius 2 is 1.96 bits per heavy atom. The first-order chi connectivity index (χ1) is 11.2. The lowest BCUT2D eigenvalue weighted by molar-refractivity contribution is -0.124. The van der Waals surface area contributed by atoms with Crippen LogP contribution in [0.3, 0.4) is 0 Å². The van der Waals surface area contributed by atoms with Gasteiger partial charge in [0.05, 0.1) is 6.54 Å². The highest BCUT2D eigenvalue weighted by molar-refractivity contribution is 5.94. The number of carbonyl (C=O) groups is 1. The lowest BCUT2D eigenvalue weighted by Crippen LogP contribution is -2.20. The molecule has 1 aromatic heterocycles. The van der Waals surface area contributed by atoms with E-state index < -0.39 is 12.0 Å². The van der Waals surface area contributed by atoms with E-state index in [1.165, 1.54) is 0 Å². The van der Waals surface area contributed by atoms with Crippen molar-refractivity contribution in [2.24, 2.45) is 0 Å². The van der Waals surface area contributed by atoms with E-state index in [1.54, 1.807) is 41.2 Å². The molecule has 1 amide bonds. The Hall–Kier alpha value is -2.92. The number of anilines is 1. The minimum atomic E-state index is -1.19. The standard InChI is InChI=1S/C18H17N3O2/c22-17(15-7-2-1-3-8-15)18(23)20-16-9-4-6-14(12-16)13-21-11-5-10-19-21/h1-12,17,22H,13H2,(H,20,23). The van der Waals surface area contributed by atoms with Crippen LogP contribution in [0.1, 0.15) is 17.2 Å². The van der Waals surface area contributed by atoms with E-state index in [1.807, 2.05) is 36.5 Å². The Labute approximate surface area is 134 Å². The second-order valence-corrected chi connectivity index (χ2v) is 5.21. The molecule has 1 unspecified atom stereocenters. The summed E-state index contributed by atoms with van der Waals surface area (Å²) in [5.41, 5.74) is 2.23. The number of aliphatic hydroxyl groups is 1. The van der Waals surface area contributed by atoms with Crippen molar-refractivity contribution in [3.63, 3.8) is 0 Å². The lowest BCUT2D eigenvalue weighted by Gasteiger charge is -2.12. The predicted octanol–water partition coefficient (Wildman–Crippen LogP) is 2.60. The van der Waals surface area contributed by atoms with Gasteiger partial charge in [0, 0.05) is 18.1 Å². The Kier molecular flexibility index (Phi) is 4.49. The van der Waals surface area contributed by atoms with Gasteiger partial charge in [0.1, 0.15) is 0 Å². The number of aliphatic hydroxyl groups excluding tert-OH is 1. The average molecular weight is 307 g/mol. The highest BCUT2D eigenvalue weighted by Crippen LogP contribution is 2.17. The number of carbonyl (C=O) groups excluding carboxylic acids is 1. The third kappa shape index (κ3) is 3.84. The molecule has 0 saturated heterocycles. The van der Waals surface area contributed by atoms with E-state index in [9.17, 15) is 9.90 Å². The van der Waals surface area contributed by atoms with Gasteiger partial charge in [-0.2, -0.15) is 5.10 Å². The Morgan fingerprint density at radius 1 is 1.13 bits per heavy atom. The summed E-state index contributed by atoms with van der Waals surface area (Å²) in [4.78, 5) is 12.2. The fourth-order valence-corrected chi connectivity index (χ4v) is 2.33. The molecule has 1 heterocycles. The van der Waals surface area contributed by atoms with Gasteiger partial charge in [0.2, 0.25) is 0 Å². The molecule has 5 nitrogen and oxygen atoms in total. The van der Waals surface area contributed by atoms with Crippen molar-refractivity contribution in [1.82, 2.24) is 9.78 Å². The van der Waals surface area contributed by atoms with Gasteiger partial charge in [-0.15, -0.1) is 0 Å². The molecule has 1 atom stereocenters. The number of hydrogen-bond donors (Lipinski definition) is 2. The zero-order chi connectivity index (χ0) is 16.1. The van der Waals surface area contributed by atoms with Crippen LogP contribution in [0, 0.1) is 0 Å². The molecule has 0 spiro atoms. The molecular weight excluding hydrogens is 290 g/mol. The van der Waals surface area contributed by atoms with Crippen LogP contribution in [0.25, 0.3) is 0 Å². The summed E-state index contributed by atoms with van der Waals surface area (Å²) in [5, 5.41) is 17.0. The quantitative estimate of drug-likeness (QED) is 0.761.